The van der Waals surface area contributed by atoms with Gasteiger partial charge in [-0.1, -0.05) is 41.9 Å². The van der Waals surface area contributed by atoms with Gasteiger partial charge in [0.15, 0.2) is 0 Å². The lowest BCUT2D eigenvalue weighted by molar-refractivity contribution is -0.148. The van der Waals surface area contributed by atoms with Crippen molar-refractivity contribution in [3.63, 3.8) is 0 Å². The molecule has 0 aliphatic heterocycles. The van der Waals surface area contributed by atoms with Gasteiger partial charge in [0.2, 0.25) is 0 Å². The molecule has 0 saturated heterocycles. The highest BCUT2D eigenvalue weighted by Gasteiger charge is 2.52. The van der Waals surface area contributed by atoms with Gasteiger partial charge in [-0.05, 0) is 36.6 Å². The number of carbonyl (C=O) groups is 1. The van der Waals surface area contributed by atoms with Crippen LogP contribution in [0.2, 0.25) is 5.02 Å². The molecule has 0 radical (unpaired) electrons. The van der Waals surface area contributed by atoms with E-state index in [-0.39, 0.29) is 12.6 Å². The first-order chi connectivity index (χ1) is 10.7. The Morgan fingerprint density at radius 3 is 2.50 bits per heavy atom. The molecule has 3 nitrogen and oxygen atoms in total. The number of carbonyl (C=O) groups excluding carboxylic acids is 1. The van der Waals surface area contributed by atoms with Crippen molar-refractivity contribution in [3.8, 4) is 6.07 Å². The summed E-state index contributed by atoms with van der Waals surface area (Å²) in [5, 5.41) is 9.71. The summed E-state index contributed by atoms with van der Waals surface area (Å²) in [6.07, 6.45) is 1.57. The summed E-state index contributed by atoms with van der Waals surface area (Å²) in [6.45, 7) is 0.123. The Hall–Kier alpha value is -2.31. The predicted octanol–water partition coefficient (Wildman–Crippen LogP) is 3.99. The monoisotopic (exact) mass is 311 g/mol. The van der Waals surface area contributed by atoms with Gasteiger partial charge in [-0.25, -0.2) is 0 Å². The van der Waals surface area contributed by atoms with Gasteiger partial charge < -0.3 is 4.74 Å². The van der Waals surface area contributed by atoms with Gasteiger partial charge in [-0.3, -0.25) is 4.79 Å². The van der Waals surface area contributed by atoms with Crippen molar-refractivity contribution in [2.24, 2.45) is 0 Å². The molecule has 2 aromatic carbocycles. The molecule has 1 aliphatic rings. The normalized spacial score (nSPS) is 14.9. The van der Waals surface area contributed by atoms with Gasteiger partial charge in [-0.15, -0.1) is 0 Å². The first-order valence-electron chi connectivity index (χ1n) is 7.07. The van der Waals surface area contributed by atoms with E-state index in [0.29, 0.717) is 10.6 Å². The van der Waals surface area contributed by atoms with Crippen molar-refractivity contribution in [2.75, 3.05) is 0 Å². The Morgan fingerprint density at radius 2 is 1.86 bits per heavy atom. The molecule has 0 amide bonds. The van der Waals surface area contributed by atoms with E-state index in [0.717, 1.165) is 24.0 Å². The molecular formula is C18H14ClNO2. The highest BCUT2D eigenvalue weighted by atomic mass is 35.5. The number of esters is 1. The molecule has 0 N–H and O–H groups in total. The topological polar surface area (TPSA) is 50.1 Å². The molecule has 0 bridgehead atoms. The fourth-order valence-electron chi connectivity index (χ4n) is 2.54. The summed E-state index contributed by atoms with van der Waals surface area (Å²) in [4.78, 5) is 12.4. The number of ether oxygens (including phenoxy) is 1. The molecule has 0 unspecified atom stereocenters. The van der Waals surface area contributed by atoms with E-state index in [4.69, 9.17) is 21.6 Å². The lowest BCUT2D eigenvalue weighted by Crippen LogP contribution is -2.23. The number of nitriles is 1. The zero-order chi connectivity index (χ0) is 15.6. The molecule has 1 fully saturated rings. The molecule has 1 aliphatic carbocycles. The van der Waals surface area contributed by atoms with Crippen molar-refractivity contribution in [1.82, 2.24) is 0 Å². The van der Waals surface area contributed by atoms with E-state index in [1.807, 2.05) is 18.2 Å². The maximum atomic E-state index is 12.4. The van der Waals surface area contributed by atoms with Crippen LogP contribution >= 0.6 is 11.6 Å². The second-order valence-corrected chi connectivity index (χ2v) is 5.87. The van der Waals surface area contributed by atoms with Crippen molar-refractivity contribution in [3.05, 3.63) is 70.2 Å². The Morgan fingerprint density at radius 1 is 1.18 bits per heavy atom. The molecule has 3 rings (SSSR count). The third-order valence-corrected chi connectivity index (χ3v) is 4.29. The van der Waals surface area contributed by atoms with Crippen LogP contribution in [0.3, 0.4) is 0 Å². The second kappa shape index (κ2) is 5.82. The molecule has 2 aromatic rings. The second-order valence-electron chi connectivity index (χ2n) is 5.43. The molecule has 4 heteroatoms. The average Bonchev–Trinajstić information content (AvgIpc) is 3.35. The summed E-state index contributed by atoms with van der Waals surface area (Å²) < 4.78 is 5.46. The van der Waals surface area contributed by atoms with Crippen LogP contribution in [0, 0.1) is 11.3 Å². The maximum Gasteiger partial charge on any atom is 0.316 e. The molecular weight excluding hydrogens is 298 g/mol. The molecule has 0 spiro atoms. The Labute approximate surface area is 134 Å². The van der Waals surface area contributed by atoms with Crippen LogP contribution in [-0.2, 0) is 21.6 Å². The molecule has 0 atom stereocenters. The quantitative estimate of drug-likeness (QED) is 0.802. The van der Waals surface area contributed by atoms with Crippen LogP contribution < -0.4 is 0 Å². The third-order valence-electron chi connectivity index (χ3n) is 4.03. The van der Waals surface area contributed by atoms with E-state index in [1.54, 1.807) is 30.3 Å². The minimum Gasteiger partial charge on any atom is -0.460 e. The summed E-state index contributed by atoms with van der Waals surface area (Å²) >= 11 is 5.89. The highest BCUT2D eigenvalue weighted by molar-refractivity contribution is 6.30. The summed E-state index contributed by atoms with van der Waals surface area (Å²) in [7, 11) is 0. The molecule has 110 valence electrons. The molecule has 1 saturated carbocycles. The summed E-state index contributed by atoms with van der Waals surface area (Å²) in [5.74, 6) is -0.234. The van der Waals surface area contributed by atoms with Crippen molar-refractivity contribution < 1.29 is 9.53 Å². The lowest BCUT2D eigenvalue weighted by atomic mass is 9.96. The van der Waals surface area contributed by atoms with Crippen LogP contribution in [0.4, 0.5) is 0 Å². The Balaban J connectivity index is 1.72. The third kappa shape index (κ3) is 2.70. The number of rotatable bonds is 4. The van der Waals surface area contributed by atoms with Crippen LogP contribution in [0.5, 0.6) is 0 Å². The standard InChI is InChI=1S/C18H14ClNO2/c19-16-7-5-15(6-8-16)18(9-10-18)17(21)22-12-14-4-2-1-3-13(14)11-20/h1-8H,9-10,12H2. The van der Waals surface area contributed by atoms with Crippen LogP contribution in [0.25, 0.3) is 0 Å². The fraction of sp³-hybridized carbons (Fsp3) is 0.222. The van der Waals surface area contributed by atoms with Gasteiger partial charge in [0.1, 0.15) is 6.61 Å². The highest BCUT2D eigenvalue weighted by Crippen LogP contribution is 2.49. The number of halogens is 1. The van der Waals surface area contributed by atoms with Gasteiger partial charge in [0.05, 0.1) is 17.0 Å². The van der Waals surface area contributed by atoms with Gasteiger partial charge in [0, 0.05) is 10.6 Å². The molecule has 22 heavy (non-hydrogen) atoms. The first-order valence-corrected chi connectivity index (χ1v) is 7.45. The largest absolute Gasteiger partial charge is 0.460 e. The fourth-order valence-corrected chi connectivity index (χ4v) is 2.67. The lowest BCUT2D eigenvalue weighted by Gasteiger charge is -2.15. The van der Waals surface area contributed by atoms with Gasteiger partial charge in [0.25, 0.3) is 0 Å². The Bertz CT molecular complexity index is 742. The zero-order valence-corrected chi connectivity index (χ0v) is 12.6. The van der Waals surface area contributed by atoms with E-state index < -0.39 is 5.41 Å². The van der Waals surface area contributed by atoms with E-state index in [1.165, 1.54) is 0 Å². The van der Waals surface area contributed by atoms with Crippen molar-refractivity contribution in [1.29, 1.82) is 5.26 Å². The molecule has 0 heterocycles. The smallest absolute Gasteiger partial charge is 0.316 e. The zero-order valence-electron chi connectivity index (χ0n) is 11.9. The summed E-state index contributed by atoms with van der Waals surface area (Å²) in [6, 6.07) is 16.6. The summed E-state index contributed by atoms with van der Waals surface area (Å²) in [5.41, 5.74) is 1.67. The number of hydrogen-bond donors (Lipinski definition) is 0. The average molecular weight is 312 g/mol. The number of hydrogen-bond acceptors (Lipinski definition) is 3. The van der Waals surface area contributed by atoms with E-state index >= 15 is 0 Å². The van der Waals surface area contributed by atoms with Crippen LogP contribution in [0.15, 0.2) is 48.5 Å². The minimum atomic E-state index is -0.536. The van der Waals surface area contributed by atoms with Crippen molar-refractivity contribution in [2.45, 2.75) is 24.9 Å². The van der Waals surface area contributed by atoms with Crippen molar-refractivity contribution >= 4 is 17.6 Å². The van der Waals surface area contributed by atoms with Crippen LogP contribution in [0.1, 0.15) is 29.5 Å². The minimum absolute atomic E-state index is 0.123. The first kappa shape index (κ1) is 14.6. The predicted molar refractivity (Wildman–Crippen MR) is 83.3 cm³/mol. The Kier molecular flexibility index (Phi) is 3.87. The maximum absolute atomic E-state index is 12.4. The number of benzene rings is 2. The number of nitrogens with zero attached hydrogens (tertiary/aromatic N) is 1. The van der Waals surface area contributed by atoms with Crippen LogP contribution in [-0.4, -0.2) is 5.97 Å². The molecule has 0 aromatic heterocycles. The SMILES string of the molecule is N#Cc1ccccc1COC(=O)C1(c2ccc(Cl)cc2)CC1. The van der Waals surface area contributed by atoms with Gasteiger partial charge >= 0.3 is 5.97 Å². The van der Waals surface area contributed by atoms with E-state index in [2.05, 4.69) is 6.07 Å². The van der Waals surface area contributed by atoms with Gasteiger partial charge in [-0.2, -0.15) is 5.26 Å². The van der Waals surface area contributed by atoms with E-state index in [9.17, 15) is 4.79 Å².